The first-order valence-corrected chi connectivity index (χ1v) is 5.07. The van der Waals surface area contributed by atoms with Gasteiger partial charge in [0.1, 0.15) is 6.61 Å². The molecule has 2 N–H and O–H groups in total. The molecule has 0 bridgehead atoms. The molecule has 0 amide bonds. The van der Waals surface area contributed by atoms with Crippen LogP contribution in [-0.4, -0.2) is 4.57 Å². The van der Waals surface area contributed by atoms with E-state index in [-0.39, 0.29) is 0 Å². The molecule has 1 aromatic carbocycles. The second-order valence-corrected chi connectivity index (χ2v) is 4.12. The Labute approximate surface area is 90.5 Å². The maximum Gasteiger partial charge on any atom is 0.108 e. The Morgan fingerprint density at radius 3 is 2.93 bits per heavy atom. The lowest BCUT2D eigenvalue weighted by atomic mass is 10.2. The van der Waals surface area contributed by atoms with Crippen molar-refractivity contribution in [1.82, 2.24) is 4.57 Å². The lowest BCUT2D eigenvalue weighted by Gasteiger charge is -2.01. The van der Waals surface area contributed by atoms with Crippen LogP contribution in [0.2, 0.25) is 0 Å². The zero-order valence-electron chi connectivity index (χ0n) is 7.83. The predicted octanol–water partition coefficient (Wildman–Crippen LogP) is 2.33. The number of fused-ring (bicyclic) bond motifs is 1. The average Bonchev–Trinajstić information content (AvgIpc) is 2.44. The molecule has 3 nitrogen and oxygen atoms in total. The molecule has 2 aromatic rings. The predicted molar refractivity (Wildman–Crippen MR) is 59.6 cm³/mol. The van der Waals surface area contributed by atoms with E-state index in [1.54, 1.807) is 0 Å². The normalized spacial score (nSPS) is 11.1. The third-order valence-corrected chi connectivity index (χ3v) is 2.83. The molecule has 1 aromatic heterocycles. The minimum Gasteiger partial charge on any atom is -0.345 e. The first-order valence-electron chi connectivity index (χ1n) is 4.28. The van der Waals surface area contributed by atoms with Crippen LogP contribution < -0.4 is 5.90 Å². The zero-order chi connectivity index (χ0) is 10.1. The van der Waals surface area contributed by atoms with E-state index in [1.807, 2.05) is 13.1 Å². The van der Waals surface area contributed by atoms with Gasteiger partial charge in [-0.05, 0) is 24.3 Å². The van der Waals surface area contributed by atoms with Crippen molar-refractivity contribution >= 4 is 26.8 Å². The second kappa shape index (κ2) is 3.73. The van der Waals surface area contributed by atoms with Gasteiger partial charge in [-0.1, -0.05) is 15.9 Å². The van der Waals surface area contributed by atoms with Crippen molar-refractivity contribution in [2.45, 2.75) is 6.61 Å². The minimum atomic E-state index is 0.433. The topological polar surface area (TPSA) is 40.2 Å². The van der Waals surface area contributed by atoms with E-state index < -0.39 is 0 Å². The van der Waals surface area contributed by atoms with Crippen molar-refractivity contribution in [2.24, 2.45) is 12.9 Å². The molecule has 0 fully saturated rings. The second-order valence-electron chi connectivity index (χ2n) is 3.21. The molecule has 2 rings (SSSR count). The molecule has 74 valence electrons. The Balaban J connectivity index is 2.61. The first kappa shape index (κ1) is 9.71. The zero-order valence-corrected chi connectivity index (χ0v) is 9.41. The van der Waals surface area contributed by atoms with Gasteiger partial charge >= 0.3 is 0 Å². The number of rotatable bonds is 2. The minimum absolute atomic E-state index is 0.433. The van der Waals surface area contributed by atoms with Gasteiger partial charge in [0, 0.05) is 28.1 Å². The largest absolute Gasteiger partial charge is 0.345 e. The van der Waals surface area contributed by atoms with Crippen LogP contribution >= 0.6 is 15.9 Å². The van der Waals surface area contributed by atoms with Crippen LogP contribution in [0.1, 0.15) is 5.69 Å². The number of hydrogen-bond donors (Lipinski definition) is 1. The fourth-order valence-corrected chi connectivity index (χ4v) is 1.98. The van der Waals surface area contributed by atoms with E-state index in [4.69, 9.17) is 5.90 Å². The van der Waals surface area contributed by atoms with Crippen LogP contribution in [0.25, 0.3) is 10.9 Å². The van der Waals surface area contributed by atoms with Gasteiger partial charge in [-0.25, -0.2) is 5.90 Å². The third-order valence-electron chi connectivity index (χ3n) is 2.34. The first-order chi connectivity index (χ1) is 6.72. The fraction of sp³-hybridized carbons (Fsp3) is 0.200. The van der Waals surface area contributed by atoms with Gasteiger partial charge < -0.3 is 4.57 Å². The standard InChI is InChI=1S/C10H11BrN2O/c1-13-9(6-14-12)5-7-4-8(11)2-3-10(7)13/h2-5H,6,12H2,1H3. The number of benzene rings is 1. The smallest absolute Gasteiger partial charge is 0.108 e. The van der Waals surface area contributed by atoms with Crippen LogP contribution in [0, 0.1) is 0 Å². The van der Waals surface area contributed by atoms with Crippen LogP contribution in [0.4, 0.5) is 0 Å². The van der Waals surface area contributed by atoms with Crippen LogP contribution in [0.15, 0.2) is 28.7 Å². The highest BCUT2D eigenvalue weighted by atomic mass is 79.9. The molecule has 0 atom stereocenters. The highest BCUT2D eigenvalue weighted by molar-refractivity contribution is 9.10. The maximum atomic E-state index is 5.06. The Kier molecular flexibility index (Phi) is 2.58. The fourth-order valence-electron chi connectivity index (χ4n) is 1.60. The van der Waals surface area contributed by atoms with E-state index in [2.05, 4.69) is 43.5 Å². The molecule has 1 heterocycles. The summed E-state index contributed by atoms with van der Waals surface area (Å²) in [5, 5.41) is 1.19. The molecule has 0 unspecified atom stereocenters. The van der Waals surface area contributed by atoms with Crippen molar-refractivity contribution in [2.75, 3.05) is 0 Å². The van der Waals surface area contributed by atoms with E-state index >= 15 is 0 Å². The van der Waals surface area contributed by atoms with Crippen molar-refractivity contribution in [3.05, 3.63) is 34.4 Å². The summed E-state index contributed by atoms with van der Waals surface area (Å²) < 4.78 is 3.16. The molecule has 0 saturated carbocycles. The summed E-state index contributed by atoms with van der Waals surface area (Å²) in [7, 11) is 2.00. The van der Waals surface area contributed by atoms with Crippen molar-refractivity contribution in [3.63, 3.8) is 0 Å². The van der Waals surface area contributed by atoms with Crippen molar-refractivity contribution < 1.29 is 4.84 Å². The lowest BCUT2D eigenvalue weighted by molar-refractivity contribution is 0.119. The van der Waals surface area contributed by atoms with Gasteiger partial charge in [0.25, 0.3) is 0 Å². The summed E-state index contributed by atoms with van der Waals surface area (Å²) in [5.41, 5.74) is 2.25. The maximum absolute atomic E-state index is 5.06. The highest BCUT2D eigenvalue weighted by Gasteiger charge is 2.05. The number of aromatic nitrogens is 1. The Bertz CT molecular complexity index is 464. The molecule has 0 spiro atoms. The number of aryl methyl sites for hydroxylation is 1. The Hall–Kier alpha value is -0.840. The SMILES string of the molecule is Cn1c(CON)cc2cc(Br)ccc21. The summed E-state index contributed by atoms with van der Waals surface area (Å²) in [5.74, 6) is 5.06. The third kappa shape index (κ3) is 1.56. The molecule has 0 aliphatic carbocycles. The monoisotopic (exact) mass is 254 g/mol. The van der Waals surface area contributed by atoms with Gasteiger partial charge in [-0.15, -0.1) is 0 Å². The molecule has 0 radical (unpaired) electrons. The summed E-state index contributed by atoms with van der Waals surface area (Å²) in [6.07, 6.45) is 0. The number of hydrogen-bond acceptors (Lipinski definition) is 2. The van der Waals surface area contributed by atoms with Gasteiger partial charge in [0.15, 0.2) is 0 Å². The average molecular weight is 255 g/mol. The van der Waals surface area contributed by atoms with Gasteiger partial charge in [-0.2, -0.15) is 0 Å². The van der Waals surface area contributed by atoms with E-state index in [0.717, 1.165) is 10.2 Å². The van der Waals surface area contributed by atoms with Gasteiger partial charge in [0.2, 0.25) is 0 Å². The molecular weight excluding hydrogens is 244 g/mol. The molecular formula is C10H11BrN2O. The van der Waals surface area contributed by atoms with E-state index in [9.17, 15) is 0 Å². The molecule has 0 saturated heterocycles. The molecule has 14 heavy (non-hydrogen) atoms. The Morgan fingerprint density at radius 2 is 2.21 bits per heavy atom. The summed E-state index contributed by atoms with van der Waals surface area (Å²) in [4.78, 5) is 4.64. The van der Waals surface area contributed by atoms with Crippen molar-refractivity contribution in [1.29, 1.82) is 0 Å². The van der Waals surface area contributed by atoms with E-state index in [1.165, 1.54) is 10.9 Å². The van der Waals surface area contributed by atoms with Crippen LogP contribution in [0.5, 0.6) is 0 Å². The summed E-state index contributed by atoms with van der Waals surface area (Å²) >= 11 is 3.44. The molecule has 4 heteroatoms. The summed E-state index contributed by atoms with van der Waals surface area (Å²) in [6.45, 7) is 0.433. The summed E-state index contributed by atoms with van der Waals surface area (Å²) in [6, 6.07) is 8.25. The van der Waals surface area contributed by atoms with Gasteiger partial charge in [0.05, 0.1) is 0 Å². The quantitative estimate of drug-likeness (QED) is 0.836. The number of nitrogens with two attached hydrogens (primary N) is 1. The molecule has 0 aliphatic heterocycles. The van der Waals surface area contributed by atoms with Gasteiger partial charge in [-0.3, -0.25) is 4.84 Å². The van der Waals surface area contributed by atoms with Crippen molar-refractivity contribution in [3.8, 4) is 0 Å². The lowest BCUT2D eigenvalue weighted by Crippen LogP contribution is -2.03. The van der Waals surface area contributed by atoms with Crippen LogP contribution in [-0.2, 0) is 18.5 Å². The van der Waals surface area contributed by atoms with E-state index in [0.29, 0.717) is 6.61 Å². The molecule has 0 aliphatic rings. The Morgan fingerprint density at radius 1 is 1.43 bits per heavy atom. The number of halogens is 1. The number of nitrogens with zero attached hydrogens (tertiary/aromatic N) is 1. The highest BCUT2D eigenvalue weighted by Crippen LogP contribution is 2.22. The van der Waals surface area contributed by atoms with Crippen LogP contribution in [0.3, 0.4) is 0 Å².